The molecule has 21 heavy (non-hydrogen) atoms. The Kier molecular flexibility index (Phi) is 15.4. The number of aliphatic hydroxyl groups is 4. The minimum atomic E-state index is -1.06. The van der Waals surface area contributed by atoms with Crippen molar-refractivity contribution in [3.05, 3.63) is 0 Å². The molecular weight excluding hydrogens is 287 g/mol. The van der Waals surface area contributed by atoms with Crippen LogP contribution in [-0.2, 0) is 0 Å². The van der Waals surface area contributed by atoms with E-state index in [1.165, 1.54) is 24.6 Å². The first-order chi connectivity index (χ1) is 10.2. The van der Waals surface area contributed by atoms with E-state index in [0.29, 0.717) is 0 Å². The van der Waals surface area contributed by atoms with Crippen LogP contribution in [-0.4, -0.2) is 71.5 Å². The zero-order chi connectivity index (χ0) is 15.8. The molecule has 0 spiro atoms. The van der Waals surface area contributed by atoms with E-state index in [4.69, 9.17) is 20.4 Å². The lowest BCUT2D eigenvalue weighted by Gasteiger charge is -2.28. The van der Waals surface area contributed by atoms with Gasteiger partial charge in [0.05, 0.1) is 24.6 Å². The number of unbranched alkanes of at least 4 members (excludes halogenated alkanes) is 4. The van der Waals surface area contributed by atoms with E-state index in [9.17, 15) is 0 Å². The van der Waals surface area contributed by atoms with Crippen LogP contribution in [0, 0.1) is 0 Å². The topological polar surface area (TPSA) is 80.9 Å². The fraction of sp³-hybridized carbons (Fsp3) is 1.00. The Morgan fingerprint density at radius 2 is 0.619 bits per heavy atom. The van der Waals surface area contributed by atoms with Gasteiger partial charge >= 0.3 is 0 Å². The highest BCUT2D eigenvalue weighted by atomic mass is 31.2. The average Bonchev–Trinajstić information content (AvgIpc) is 2.48. The zero-order valence-corrected chi connectivity index (χ0v) is 14.4. The monoisotopic (exact) mass is 323 g/mol. The first kappa shape index (κ1) is 21.3. The zero-order valence-electron chi connectivity index (χ0n) is 13.5. The van der Waals surface area contributed by atoms with Crippen LogP contribution >= 0.6 is 7.26 Å². The normalized spacial score (nSPS) is 12.0. The minimum absolute atomic E-state index is 0.268. The van der Waals surface area contributed by atoms with Crippen molar-refractivity contribution in [3.8, 4) is 0 Å². The minimum Gasteiger partial charge on any atom is -0.396 e. The second-order valence-electron chi connectivity index (χ2n) is 5.96. The molecule has 0 fully saturated rings. The summed E-state index contributed by atoms with van der Waals surface area (Å²) >= 11 is 0. The summed E-state index contributed by atoms with van der Waals surface area (Å²) < 4.78 is 0. The molecule has 0 aliphatic carbocycles. The Hall–Kier alpha value is 0.270. The molecule has 0 saturated heterocycles. The van der Waals surface area contributed by atoms with Crippen molar-refractivity contribution in [2.24, 2.45) is 0 Å². The van der Waals surface area contributed by atoms with E-state index >= 15 is 0 Å². The SMILES string of the molecule is OCCCC[P+](CCCCO)(CCCCO)CCCCO. The predicted molar refractivity (Wildman–Crippen MR) is 91.7 cm³/mol. The van der Waals surface area contributed by atoms with Gasteiger partial charge in [-0.25, -0.2) is 0 Å². The highest BCUT2D eigenvalue weighted by Crippen LogP contribution is 2.61. The van der Waals surface area contributed by atoms with Crippen molar-refractivity contribution in [2.45, 2.75) is 51.4 Å². The molecule has 0 aromatic carbocycles. The van der Waals surface area contributed by atoms with Gasteiger partial charge in [-0.05, 0) is 51.4 Å². The molecule has 0 unspecified atom stereocenters. The molecule has 0 aliphatic heterocycles. The first-order valence-corrected chi connectivity index (χ1v) is 11.1. The number of hydrogen-bond acceptors (Lipinski definition) is 4. The molecule has 0 radical (unpaired) electrons. The van der Waals surface area contributed by atoms with Crippen molar-refractivity contribution >= 4 is 7.26 Å². The molecule has 0 aromatic heterocycles. The van der Waals surface area contributed by atoms with E-state index in [-0.39, 0.29) is 26.4 Å². The molecule has 5 heteroatoms. The summed E-state index contributed by atoms with van der Waals surface area (Å²) in [5.41, 5.74) is 0. The van der Waals surface area contributed by atoms with Crippen molar-refractivity contribution < 1.29 is 20.4 Å². The van der Waals surface area contributed by atoms with Crippen LogP contribution in [0.25, 0.3) is 0 Å². The third-order valence-electron chi connectivity index (χ3n) is 4.16. The van der Waals surface area contributed by atoms with Gasteiger partial charge in [0.1, 0.15) is 0 Å². The summed E-state index contributed by atoms with van der Waals surface area (Å²) in [4.78, 5) is 0. The summed E-state index contributed by atoms with van der Waals surface area (Å²) in [6, 6.07) is 0. The lowest BCUT2D eigenvalue weighted by molar-refractivity contribution is 0.286. The molecule has 0 aliphatic rings. The molecular formula is C16H36O4P+. The standard InChI is InChI=1S/C16H36O4P/c17-9-1-5-13-21(14-6-2-10-18,15-7-3-11-19)16-8-4-12-20/h17-20H,1-16H2/q+1. The van der Waals surface area contributed by atoms with E-state index in [0.717, 1.165) is 51.4 Å². The van der Waals surface area contributed by atoms with Crippen LogP contribution in [0.2, 0.25) is 0 Å². The lowest BCUT2D eigenvalue weighted by atomic mass is 10.3. The highest BCUT2D eigenvalue weighted by molar-refractivity contribution is 7.75. The number of hydrogen-bond donors (Lipinski definition) is 4. The van der Waals surface area contributed by atoms with Gasteiger partial charge in [0.2, 0.25) is 0 Å². The summed E-state index contributed by atoms with van der Waals surface area (Å²) in [7, 11) is -1.06. The van der Waals surface area contributed by atoms with Crippen molar-refractivity contribution in [2.75, 3.05) is 51.1 Å². The van der Waals surface area contributed by atoms with Crippen LogP contribution in [0.1, 0.15) is 51.4 Å². The van der Waals surface area contributed by atoms with Crippen LogP contribution in [0.3, 0.4) is 0 Å². The molecule has 0 saturated carbocycles. The maximum Gasteiger partial charge on any atom is 0.0595 e. The highest BCUT2D eigenvalue weighted by Gasteiger charge is 2.34. The number of aliphatic hydroxyl groups excluding tert-OH is 4. The quantitative estimate of drug-likeness (QED) is 0.259. The molecule has 0 bridgehead atoms. The summed E-state index contributed by atoms with van der Waals surface area (Å²) in [5.74, 6) is 0. The van der Waals surface area contributed by atoms with E-state index < -0.39 is 7.26 Å². The first-order valence-electron chi connectivity index (χ1n) is 8.53. The van der Waals surface area contributed by atoms with E-state index in [2.05, 4.69) is 0 Å². The Bertz CT molecular complexity index is 169. The second kappa shape index (κ2) is 15.2. The molecule has 128 valence electrons. The maximum absolute atomic E-state index is 9.02. The van der Waals surface area contributed by atoms with Crippen molar-refractivity contribution in [1.82, 2.24) is 0 Å². The van der Waals surface area contributed by atoms with Crippen LogP contribution in [0.15, 0.2) is 0 Å². The van der Waals surface area contributed by atoms with Gasteiger partial charge in [0.15, 0.2) is 0 Å². The van der Waals surface area contributed by atoms with Gasteiger partial charge in [0.25, 0.3) is 0 Å². The third kappa shape index (κ3) is 11.5. The van der Waals surface area contributed by atoms with Crippen LogP contribution in [0.4, 0.5) is 0 Å². The van der Waals surface area contributed by atoms with Crippen LogP contribution < -0.4 is 0 Å². The lowest BCUT2D eigenvalue weighted by Crippen LogP contribution is -2.14. The van der Waals surface area contributed by atoms with Crippen LogP contribution in [0.5, 0.6) is 0 Å². The molecule has 0 atom stereocenters. The molecule has 0 rings (SSSR count). The largest absolute Gasteiger partial charge is 0.396 e. The van der Waals surface area contributed by atoms with Crippen molar-refractivity contribution in [3.63, 3.8) is 0 Å². The molecule has 0 aromatic rings. The van der Waals surface area contributed by atoms with Gasteiger partial charge in [0, 0.05) is 33.7 Å². The molecule has 4 N–H and O–H groups in total. The Morgan fingerprint density at radius 1 is 0.381 bits per heavy atom. The van der Waals surface area contributed by atoms with Gasteiger partial charge < -0.3 is 20.4 Å². The summed E-state index contributed by atoms with van der Waals surface area (Å²) in [5, 5.41) is 36.1. The summed E-state index contributed by atoms with van der Waals surface area (Å²) in [6.07, 6.45) is 12.7. The second-order valence-corrected chi connectivity index (χ2v) is 10.4. The number of rotatable bonds is 16. The summed E-state index contributed by atoms with van der Waals surface area (Å²) in [6.45, 7) is 1.07. The third-order valence-corrected chi connectivity index (χ3v) is 9.22. The fourth-order valence-corrected chi connectivity index (χ4v) is 7.83. The fourth-order valence-electron chi connectivity index (χ4n) is 2.91. The van der Waals surface area contributed by atoms with Gasteiger partial charge in [-0.1, -0.05) is 0 Å². The van der Waals surface area contributed by atoms with E-state index in [1.807, 2.05) is 0 Å². The smallest absolute Gasteiger partial charge is 0.0595 e. The molecule has 4 nitrogen and oxygen atoms in total. The Morgan fingerprint density at radius 3 is 0.810 bits per heavy atom. The Balaban J connectivity index is 4.52. The van der Waals surface area contributed by atoms with Gasteiger partial charge in [-0.2, -0.15) is 0 Å². The maximum atomic E-state index is 9.02. The van der Waals surface area contributed by atoms with Crippen molar-refractivity contribution in [1.29, 1.82) is 0 Å². The average molecular weight is 323 g/mol. The van der Waals surface area contributed by atoms with Gasteiger partial charge in [-0.15, -0.1) is 0 Å². The molecule has 0 amide bonds. The Labute approximate surface area is 130 Å². The predicted octanol–water partition coefficient (Wildman–Crippen LogP) is 2.09. The van der Waals surface area contributed by atoms with Gasteiger partial charge in [-0.3, -0.25) is 0 Å². The van der Waals surface area contributed by atoms with E-state index in [1.54, 1.807) is 0 Å². The molecule has 0 heterocycles.